The zero-order valence-corrected chi connectivity index (χ0v) is 14.8. The van der Waals surface area contributed by atoms with Gasteiger partial charge in [0.05, 0.1) is 19.9 Å². The summed E-state index contributed by atoms with van der Waals surface area (Å²) in [6.07, 6.45) is 1.90. The van der Waals surface area contributed by atoms with Gasteiger partial charge in [0.2, 0.25) is 11.8 Å². The number of benzene rings is 1. The molecular weight excluding hydrogens is 320 g/mol. The van der Waals surface area contributed by atoms with E-state index in [-0.39, 0.29) is 11.8 Å². The summed E-state index contributed by atoms with van der Waals surface area (Å²) in [7, 11) is 1.60. The van der Waals surface area contributed by atoms with Gasteiger partial charge in [-0.15, -0.1) is 0 Å². The van der Waals surface area contributed by atoms with E-state index < -0.39 is 6.04 Å². The van der Waals surface area contributed by atoms with Crippen LogP contribution >= 0.6 is 0 Å². The highest BCUT2D eigenvalue weighted by molar-refractivity contribution is 5.87. The van der Waals surface area contributed by atoms with Gasteiger partial charge < -0.3 is 19.4 Å². The number of nitrogens with one attached hydrogen (secondary N) is 1. The number of furan rings is 1. The molecule has 2 rings (SSSR count). The fourth-order valence-electron chi connectivity index (χ4n) is 2.45. The Labute approximate surface area is 147 Å². The lowest BCUT2D eigenvalue weighted by Crippen LogP contribution is -2.47. The maximum Gasteiger partial charge on any atom is 0.242 e. The minimum Gasteiger partial charge on any atom is -0.497 e. The van der Waals surface area contributed by atoms with Crippen molar-refractivity contribution in [3.05, 3.63) is 54.0 Å². The average molecular weight is 344 g/mol. The van der Waals surface area contributed by atoms with E-state index >= 15 is 0 Å². The van der Waals surface area contributed by atoms with Crippen molar-refractivity contribution in [1.29, 1.82) is 0 Å². The van der Waals surface area contributed by atoms with Gasteiger partial charge in [-0.2, -0.15) is 0 Å². The van der Waals surface area contributed by atoms with Crippen LogP contribution in [0.15, 0.2) is 47.1 Å². The zero-order chi connectivity index (χ0) is 18.2. The normalized spacial score (nSPS) is 11.6. The highest BCUT2D eigenvalue weighted by Crippen LogP contribution is 2.15. The van der Waals surface area contributed by atoms with E-state index in [0.29, 0.717) is 25.3 Å². The molecule has 6 heteroatoms. The van der Waals surface area contributed by atoms with Gasteiger partial charge in [-0.25, -0.2) is 0 Å². The molecule has 2 amide bonds. The summed E-state index contributed by atoms with van der Waals surface area (Å²) >= 11 is 0. The molecule has 1 aromatic heterocycles. The van der Waals surface area contributed by atoms with Crippen LogP contribution in [-0.2, 0) is 22.7 Å². The van der Waals surface area contributed by atoms with E-state index in [9.17, 15) is 9.59 Å². The Bertz CT molecular complexity index is 680. The molecule has 0 aliphatic carbocycles. The van der Waals surface area contributed by atoms with Crippen molar-refractivity contribution in [2.45, 2.75) is 39.4 Å². The third-order valence-electron chi connectivity index (χ3n) is 4.00. The molecule has 0 spiro atoms. The molecule has 1 N–H and O–H groups in total. The minimum atomic E-state index is -0.579. The number of methoxy groups -OCH3 is 1. The third-order valence-corrected chi connectivity index (χ3v) is 4.00. The summed E-state index contributed by atoms with van der Waals surface area (Å²) < 4.78 is 10.3. The molecular formula is C19H24N2O4. The quantitative estimate of drug-likeness (QED) is 0.799. The third kappa shape index (κ3) is 5.11. The van der Waals surface area contributed by atoms with E-state index in [1.54, 1.807) is 44.3 Å². The molecule has 1 heterocycles. The number of carbonyl (C=O) groups excluding carboxylic acids is 2. The summed E-state index contributed by atoms with van der Waals surface area (Å²) in [5.74, 6) is 1.13. The summed E-state index contributed by atoms with van der Waals surface area (Å²) in [5.41, 5.74) is 0.938. The van der Waals surface area contributed by atoms with Gasteiger partial charge in [-0.3, -0.25) is 9.59 Å². The van der Waals surface area contributed by atoms with Crippen molar-refractivity contribution in [2.75, 3.05) is 7.11 Å². The number of nitrogens with zero attached hydrogens (tertiary/aromatic N) is 1. The lowest BCUT2D eigenvalue weighted by Gasteiger charge is -2.28. The standard InChI is InChI=1S/C19H24N2O4/c1-4-18(22)21(13-15-7-9-16(24-3)10-8-15)14(2)19(23)20-12-17-6-5-11-25-17/h5-11,14H,4,12-13H2,1-3H3,(H,20,23)/t14-/m0/s1. The number of hydrogen-bond donors (Lipinski definition) is 1. The number of hydrogen-bond acceptors (Lipinski definition) is 4. The highest BCUT2D eigenvalue weighted by atomic mass is 16.5. The Morgan fingerprint density at radius 3 is 2.52 bits per heavy atom. The predicted octanol–water partition coefficient (Wildman–Crippen LogP) is 2.73. The van der Waals surface area contributed by atoms with Crippen LogP contribution in [-0.4, -0.2) is 29.9 Å². The smallest absolute Gasteiger partial charge is 0.242 e. The van der Waals surface area contributed by atoms with Crippen LogP contribution in [0.4, 0.5) is 0 Å². The largest absolute Gasteiger partial charge is 0.497 e. The van der Waals surface area contributed by atoms with Crippen LogP contribution in [0.5, 0.6) is 5.75 Å². The first-order valence-electron chi connectivity index (χ1n) is 8.27. The van der Waals surface area contributed by atoms with Crippen LogP contribution in [0, 0.1) is 0 Å². The second-order valence-electron chi connectivity index (χ2n) is 5.70. The summed E-state index contributed by atoms with van der Waals surface area (Å²) in [4.78, 5) is 26.3. The Morgan fingerprint density at radius 2 is 1.96 bits per heavy atom. The van der Waals surface area contributed by atoms with E-state index in [2.05, 4.69) is 5.32 Å². The monoisotopic (exact) mass is 344 g/mol. The Hall–Kier alpha value is -2.76. The Balaban J connectivity index is 2.03. The van der Waals surface area contributed by atoms with Gasteiger partial charge in [0.25, 0.3) is 0 Å². The van der Waals surface area contributed by atoms with Crippen molar-refractivity contribution >= 4 is 11.8 Å². The van der Waals surface area contributed by atoms with Gasteiger partial charge in [0, 0.05) is 13.0 Å². The Morgan fingerprint density at radius 1 is 1.24 bits per heavy atom. The molecule has 0 radical (unpaired) electrons. The van der Waals surface area contributed by atoms with Crippen molar-refractivity contribution in [2.24, 2.45) is 0 Å². The van der Waals surface area contributed by atoms with Crippen LogP contribution in [0.1, 0.15) is 31.6 Å². The zero-order valence-electron chi connectivity index (χ0n) is 14.8. The molecule has 134 valence electrons. The average Bonchev–Trinajstić information content (AvgIpc) is 3.17. The fraction of sp³-hybridized carbons (Fsp3) is 0.368. The van der Waals surface area contributed by atoms with E-state index in [0.717, 1.165) is 11.3 Å². The Kier molecular flexibility index (Phi) is 6.62. The van der Waals surface area contributed by atoms with Crippen molar-refractivity contribution in [3.63, 3.8) is 0 Å². The summed E-state index contributed by atoms with van der Waals surface area (Å²) in [6, 6.07) is 10.4. The molecule has 1 atom stereocenters. The first-order valence-corrected chi connectivity index (χ1v) is 8.27. The van der Waals surface area contributed by atoms with Gasteiger partial charge >= 0.3 is 0 Å². The molecule has 6 nitrogen and oxygen atoms in total. The topological polar surface area (TPSA) is 71.8 Å². The van der Waals surface area contributed by atoms with Crippen molar-refractivity contribution in [1.82, 2.24) is 10.2 Å². The molecule has 0 unspecified atom stereocenters. The lowest BCUT2D eigenvalue weighted by molar-refractivity contribution is -0.140. The second kappa shape index (κ2) is 8.92. The highest BCUT2D eigenvalue weighted by Gasteiger charge is 2.25. The molecule has 0 aliphatic rings. The van der Waals surface area contributed by atoms with Crippen LogP contribution < -0.4 is 10.1 Å². The van der Waals surface area contributed by atoms with Crippen LogP contribution in [0.25, 0.3) is 0 Å². The number of carbonyl (C=O) groups is 2. The minimum absolute atomic E-state index is 0.0727. The molecule has 2 aromatic rings. The molecule has 0 bridgehead atoms. The lowest BCUT2D eigenvalue weighted by atomic mass is 10.1. The molecule has 0 saturated heterocycles. The van der Waals surface area contributed by atoms with Gasteiger partial charge in [0.1, 0.15) is 17.6 Å². The van der Waals surface area contributed by atoms with Gasteiger partial charge in [0.15, 0.2) is 0 Å². The maximum absolute atomic E-state index is 12.4. The predicted molar refractivity (Wildman–Crippen MR) is 93.9 cm³/mol. The fourth-order valence-corrected chi connectivity index (χ4v) is 2.45. The molecule has 0 saturated carbocycles. The van der Waals surface area contributed by atoms with Crippen LogP contribution in [0.2, 0.25) is 0 Å². The van der Waals surface area contributed by atoms with Crippen LogP contribution in [0.3, 0.4) is 0 Å². The van der Waals surface area contributed by atoms with E-state index in [1.165, 1.54) is 0 Å². The van der Waals surface area contributed by atoms with Gasteiger partial charge in [-0.1, -0.05) is 19.1 Å². The van der Waals surface area contributed by atoms with E-state index in [4.69, 9.17) is 9.15 Å². The summed E-state index contributed by atoms with van der Waals surface area (Å²) in [6.45, 7) is 4.18. The second-order valence-corrected chi connectivity index (χ2v) is 5.70. The molecule has 25 heavy (non-hydrogen) atoms. The number of ether oxygens (including phenoxy) is 1. The molecule has 0 fully saturated rings. The van der Waals surface area contributed by atoms with Crippen molar-refractivity contribution < 1.29 is 18.7 Å². The van der Waals surface area contributed by atoms with Crippen molar-refractivity contribution in [3.8, 4) is 5.75 Å². The first kappa shape index (κ1) is 18.6. The first-order chi connectivity index (χ1) is 12.0. The van der Waals surface area contributed by atoms with Gasteiger partial charge in [-0.05, 0) is 36.8 Å². The number of rotatable bonds is 8. The molecule has 1 aromatic carbocycles. The molecule has 0 aliphatic heterocycles. The van der Waals surface area contributed by atoms with E-state index in [1.807, 2.05) is 24.3 Å². The summed E-state index contributed by atoms with van der Waals surface area (Å²) in [5, 5.41) is 2.80. The SMILES string of the molecule is CCC(=O)N(Cc1ccc(OC)cc1)[C@@H](C)C(=O)NCc1ccco1. The number of amides is 2. The maximum atomic E-state index is 12.4.